The molecule has 0 saturated heterocycles. The summed E-state index contributed by atoms with van der Waals surface area (Å²) in [5, 5.41) is 9.77. The standard InChI is InChI=1S/C10H14N2O2/c1-7(10(14)12-11)9(13)8-5-3-2-4-6-8/h2-7,9,13H,11H2,1H3,(H,12,14)/t7-,9-/m0/s1. The maximum Gasteiger partial charge on any atom is 0.239 e. The van der Waals surface area contributed by atoms with Crippen LogP contribution in [0.25, 0.3) is 0 Å². The molecule has 0 aliphatic rings. The van der Waals surface area contributed by atoms with E-state index in [9.17, 15) is 9.90 Å². The molecule has 0 fully saturated rings. The van der Waals surface area contributed by atoms with Gasteiger partial charge in [-0.3, -0.25) is 10.2 Å². The van der Waals surface area contributed by atoms with Gasteiger partial charge >= 0.3 is 0 Å². The summed E-state index contributed by atoms with van der Waals surface area (Å²) in [6.07, 6.45) is -0.820. The smallest absolute Gasteiger partial charge is 0.239 e. The van der Waals surface area contributed by atoms with Gasteiger partial charge in [0.25, 0.3) is 0 Å². The average Bonchev–Trinajstić information content (AvgIpc) is 2.27. The molecule has 76 valence electrons. The van der Waals surface area contributed by atoms with Gasteiger partial charge in [0.2, 0.25) is 5.91 Å². The molecule has 2 atom stereocenters. The molecule has 0 saturated carbocycles. The molecule has 4 nitrogen and oxygen atoms in total. The zero-order valence-electron chi connectivity index (χ0n) is 7.97. The molecule has 0 radical (unpaired) electrons. The maximum absolute atomic E-state index is 11.1. The topological polar surface area (TPSA) is 75.4 Å². The number of hydrazine groups is 1. The van der Waals surface area contributed by atoms with Crippen molar-refractivity contribution in [2.75, 3.05) is 0 Å². The van der Waals surface area contributed by atoms with Gasteiger partial charge in [-0.2, -0.15) is 0 Å². The van der Waals surface area contributed by atoms with Gasteiger partial charge in [-0.15, -0.1) is 0 Å². The molecule has 4 N–H and O–H groups in total. The first-order valence-corrected chi connectivity index (χ1v) is 4.40. The second kappa shape index (κ2) is 4.74. The second-order valence-electron chi connectivity index (χ2n) is 3.15. The van der Waals surface area contributed by atoms with E-state index in [1.807, 2.05) is 23.6 Å². The number of nitrogens with one attached hydrogen (secondary N) is 1. The predicted octanol–water partition coefficient (Wildman–Crippen LogP) is 0.346. The van der Waals surface area contributed by atoms with Gasteiger partial charge in [-0.25, -0.2) is 5.84 Å². The summed E-state index contributed by atoms with van der Waals surface area (Å²) in [4.78, 5) is 11.1. The summed E-state index contributed by atoms with van der Waals surface area (Å²) >= 11 is 0. The Morgan fingerprint density at radius 2 is 2.00 bits per heavy atom. The predicted molar refractivity (Wildman–Crippen MR) is 52.9 cm³/mol. The molecule has 0 unspecified atom stereocenters. The number of nitrogens with two attached hydrogens (primary N) is 1. The zero-order chi connectivity index (χ0) is 10.6. The van der Waals surface area contributed by atoms with Gasteiger partial charge in [0.05, 0.1) is 12.0 Å². The van der Waals surface area contributed by atoms with Crippen molar-refractivity contribution in [3.8, 4) is 0 Å². The Balaban J connectivity index is 2.75. The molecular formula is C10H14N2O2. The van der Waals surface area contributed by atoms with E-state index in [2.05, 4.69) is 0 Å². The van der Waals surface area contributed by atoms with Gasteiger partial charge in [0.1, 0.15) is 0 Å². The minimum atomic E-state index is -0.820. The SMILES string of the molecule is C[C@H](C(=O)NN)[C@H](O)c1ccccc1. The van der Waals surface area contributed by atoms with Crippen LogP contribution in [0.2, 0.25) is 0 Å². The molecule has 0 aliphatic heterocycles. The molecule has 0 heterocycles. The van der Waals surface area contributed by atoms with E-state index in [-0.39, 0.29) is 5.91 Å². The fourth-order valence-electron chi connectivity index (χ4n) is 1.21. The van der Waals surface area contributed by atoms with Crippen LogP contribution in [0.1, 0.15) is 18.6 Å². The van der Waals surface area contributed by atoms with Crippen LogP contribution in [0.4, 0.5) is 0 Å². The third-order valence-corrected chi connectivity index (χ3v) is 2.17. The first-order chi connectivity index (χ1) is 6.66. The first kappa shape index (κ1) is 10.7. The minimum absolute atomic E-state index is 0.374. The number of aliphatic hydroxyl groups is 1. The lowest BCUT2D eigenvalue weighted by atomic mass is 9.97. The van der Waals surface area contributed by atoms with Crippen molar-refractivity contribution in [3.05, 3.63) is 35.9 Å². The number of benzene rings is 1. The maximum atomic E-state index is 11.1. The van der Waals surface area contributed by atoms with Crippen molar-refractivity contribution in [1.82, 2.24) is 5.43 Å². The molecule has 14 heavy (non-hydrogen) atoms. The van der Waals surface area contributed by atoms with E-state index in [0.717, 1.165) is 0 Å². The van der Waals surface area contributed by atoms with Crippen molar-refractivity contribution in [2.24, 2.45) is 11.8 Å². The van der Waals surface area contributed by atoms with Crippen LogP contribution in [0.15, 0.2) is 30.3 Å². The minimum Gasteiger partial charge on any atom is -0.388 e. The fraction of sp³-hybridized carbons (Fsp3) is 0.300. The summed E-state index contributed by atoms with van der Waals surface area (Å²) in [5.41, 5.74) is 2.73. The van der Waals surface area contributed by atoms with Gasteiger partial charge in [-0.05, 0) is 5.56 Å². The lowest BCUT2D eigenvalue weighted by Crippen LogP contribution is -2.37. The number of amides is 1. The number of aliphatic hydroxyl groups excluding tert-OH is 1. The Bertz CT molecular complexity index is 300. The van der Waals surface area contributed by atoms with E-state index in [4.69, 9.17) is 5.84 Å². The van der Waals surface area contributed by atoms with E-state index in [0.29, 0.717) is 5.56 Å². The fourth-order valence-corrected chi connectivity index (χ4v) is 1.21. The first-order valence-electron chi connectivity index (χ1n) is 4.40. The van der Waals surface area contributed by atoms with Crippen LogP contribution >= 0.6 is 0 Å². The molecule has 1 amide bonds. The second-order valence-corrected chi connectivity index (χ2v) is 3.15. The largest absolute Gasteiger partial charge is 0.388 e. The monoisotopic (exact) mass is 194 g/mol. The summed E-state index contributed by atoms with van der Waals surface area (Å²) in [6, 6.07) is 9.01. The van der Waals surface area contributed by atoms with Crippen LogP contribution in [0.5, 0.6) is 0 Å². The van der Waals surface area contributed by atoms with Crippen LogP contribution in [-0.2, 0) is 4.79 Å². The number of carbonyl (C=O) groups excluding carboxylic acids is 1. The average molecular weight is 194 g/mol. The third-order valence-electron chi connectivity index (χ3n) is 2.17. The van der Waals surface area contributed by atoms with Crippen LogP contribution in [0.3, 0.4) is 0 Å². The summed E-state index contributed by atoms with van der Waals surface area (Å²) < 4.78 is 0. The highest BCUT2D eigenvalue weighted by molar-refractivity contribution is 5.78. The molecule has 1 aromatic rings. The molecule has 0 bridgehead atoms. The van der Waals surface area contributed by atoms with Crippen molar-refractivity contribution >= 4 is 5.91 Å². The Morgan fingerprint density at radius 1 is 1.43 bits per heavy atom. The van der Waals surface area contributed by atoms with Gasteiger partial charge < -0.3 is 5.11 Å². The quantitative estimate of drug-likeness (QED) is 0.369. The van der Waals surface area contributed by atoms with Crippen molar-refractivity contribution in [3.63, 3.8) is 0 Å². The lowest BCUT2D eigenvalue weighted by Gasteiger charge is -2.17. The Kier molecular flexibility index (Phi) is 3.62. The lowest BCUT2D eigenvalue weighted by molar-refractivity contribution is -0.128. The van der Waals surface area contributed by atoms with Crippen molar-refractivity contribution in [1.29, 1.82) is 0 Å². The van der Waals surface area contributed by atoms with E-state index in [1.54, 1.807) is 19.1 Å². The van der Waals surface area contributed by atoms with E-state index in [1.165, 1.54) is 0 Å². The van der Waals surface area contributed by atoms with Crippen LogP contribution in [0, 0.1) is 5.92 Å². The van der Waals surface area contributed by atoms with Gasteiger partial charge in [0, 0.05) is 0 Å². The number of carbonyl (C=O) groups is 1. The number of hydrogen-bond donors (Lipinski definition) is 3. The summed E-state index contributed by atoms with van der Waals surface area (Å²) in [6.45, 7) is 1.62. The molecule has 1 rings (SSSR count). The highest BCUT2D eigenvalue weighted by atomic mass is 16.3. The number of hydrogen-bond acceptors (Lipinski definition) is 3. The van der Waals surface area contributed by atoms with E-state index < -0.39 is 12.0 Å². The van der Waals surface area contributed by atoms with Crippen LogP contribution < -0.4 is 11.3 Å². The highest BCUT2D eigenvalue weighted by Crippen LogP contribution is 2.20. The van der Waals surface area contributed by atoms with Gasteiger partial charge in [-0.1, -0.05) is 37.3 Å². The molecule has 4 heteroatoms. The number of rotatable bonds is 3. The van der Waals surface area contributed by atoms with Crippen molar-refractivity contribution < 1.29 is 9.90 Å². The molecule has 0 aromatic heterocycles. The molecule has 0 spiro atoms. The zero-order valence-corrected chi connectivity index (χ0v) is 7.97. The molecule has 1 aromatic carbocycles. The normalized spacial score (nSPS) is 14.5. The van der Waals surface area contributed by atoms with Crippen molar-refractivity contribution in [2.45, 2.75) is 13.0 Å². The summed E-state index contributed by atoms with van der Waals surface area (Å²) in [7, 11) is 0. The third kappa shape index (κ3) is 2.31. The highest BCUT2D eigenvalue weighted by Gasteiger charge is 2.22. The Morgan fingerprint density at radius 3 is 2.50 bits per heavy atom. The molecular weight excluding hydrogens is 180 g/mol. The molecule has 0 aliphatic carbocycles. The van der Waals surface area contributed by atoms with E-state index >= 15 is 0 Å². The van der Waals surface area contributed by atoms with Crippen LogP contribution in [-0.4, -0.2) is 11.0 Å². The Hall–Kier alpha value is -1.39. The Labute approximate surface area is 82.7 Å². The van der Waals surface area contributed by atoms with Gasteiger partial charge in [0.15, 0.2) is 0 Å². The summed E-state index contributed by atoms with van der Waals surface area (Å²) in [5.74, 6) is 4.05.